The zero-order valence-electron chi connectivity index (χ0n) is 15.5. The third-order valence-corrected chi connectivity index (χ3v) is 4.69. The molecule has 1 saturated heterocycles. The Hall–Kier alpha value is -2.36. The van der Waals surface area contributed by atoms with E-state index in [-0.39, 0.29) is 12.2 Å². The topological polar surface area (TPSA) is 115 Å². The predicted octanol–water partition coefficient (Wildman–Crippen LogP) is 1.39. The van der Waals surface area contributed by atoms with E-state index in [0.29, 0.717) is 16.5 Å². The summed E-state index contributed by atoms with van der Waals surface area (Å²) in [6, 6.07) is 12.6. The minimum absolute atomic E-state index is 0.270. The van der Waals surface area contributed by atoms with Gasteiger partial charge in [0.2, 0.25) is 6.29 Å². The van der Waals surface area contributed by atoms with Crippen molar-refractivity contribution in [2.75, 3.05) is 13.7 Å². The summed E-state index contributed by atoms with van der Waals surface area (Å²) in [5.41, 5.74) is 0.270. The van der Waals surface area contributed by atoms with Crippen molar-refractivity contribution >= 4 is 17.6 Å². The van der Waals surface area contributed by atoms with Crippen LogP contribution in [0.1, 0.15) is 10.4 Å². The maximum absolute atomic E-state index is 12.1. The molecule has 0 bridgehead atoms. The number of hydrogen-bond acceptors (Lipinski definition) is 8. The molecular formula is C20H21ClO8. The van der Waals surface area contributed by atoms with Crippen molar-refractivity contribution in [1.29, 1.82) is 0 Å². The summed E-state index contributed by atoms with van der Waals surface area (Å²) in [4.78, 5) is 12.1. The van der Waals surface area contributed by atoms with Crippen molar-refractivity contribution in [2.45, 2.75) is 30.7 Å². The van der Waals surface area contributed by atoms with Crippen molar-refractivity contribution < 1.29 is 39.1 Å². The molecule has 29 heavy (non-hydrogen) atoms. The maximum atomic E-state index is 12.1. The zero-order valence-corrected chi connectivity index (χ0v) is 16.2. The number of ether oxygens (including phenoxy) is 4. The normalized spacial score (nSPS) is 26.6. The van der Waals surface area contributed by atoms with Crippen molar-refractivity contribution in [3.05, 3.63) is 59.1 Å². The molecule has 2 aromatic rings. The van der Waals surface area contributed by atoms with Gasteiger partial charge in [0.1, 0.15) is 42.5 Å². The van der Waals surface area contributed by atoms with Gasteiger partial charge in [0.05, 0.1) is 12.7 Å². The Morgan fingerprint density at radius 1 is 0.966 bits per heavy atom. The van der Waals surface area contributed by atoms with Gasteiger partial charge in [0.25, 0.3) is 0 Å². The molecule has 0 aromatic heterocycles. The molecule has 0 radical (unpaired) electrons. The molecule has 156 valence electrons. The van der Waals surface area contributed by atoms with Crippen LogP contribution in [0.3, 0.4) is 0 Å². The predicted molar refractivity (Wildman–Crippen MR) is 102 cm³/mol. The summed E-state index contributed by atoms with van der Waals surface area (Å²) in [7, 11) is 1.53. The Bertz CT molecular complexity index is 810. The van der Waals surface area contributed by atoms with Crippen molar-refractivity contribution in [3.8, 4) is 11.5 Å². The van der Waals surface area contributed by atoms with E-state index >= 15 is 0 Å². The molecule has 0 saturated carbocycles. The molecule has 1 heterocycles. The van der Waals surface area contributed by atoms with Crippen LogP contribution in [-0.4, -0.2) is 65.7 Å². The van der Waals surface area contributed by atoms with Crippen LogP contribution in [0.15, 0.2) is 48.5 Å². The van der Waals surface area contributed by atoms with E-state index in [1.807, 2.05) is 0 Å². The Kier molecular flexibility index (Phi) is 6.94. The van der Waals surface area contributed by atoms with E-state index in [1.54, 1.807) is 36.4 Å². The Morgan fingerprint density at radius 3 is 2.21 bits per heavy atom. The molecule has 3 rings (SSSR count). The maximum Gasteiger partial charge on any atom is 0.338 e. The first-order valence-corrected chi connectivity index (χ1v) is 9.20. The van der Waals surface area contributed by atoms with Crippen LogP contribution in [-0.2, 0) is 9.47 Å². The van der Waals surface area contributed by atoms with Gasteiger partial charge in [-0.05, 0) is 48.5 Å². The highest BCUT2D eigenvalue weighted by Gasteiger charge is 2.45. The highest BCUT2D eigenvalue weighted by atomic mass is 35.5. The lowest BCUT2D eigenvalue weighted by Gasteiger charge is -2.39. The molecular weight excluding hydrogens is 404 g/mol. The highest BCUT2D eigenvalue weighted by Crippen LogP contribution is 2.26. The second-order valence-electron chi connectivity index (χ2n) is 6.41. The third-order valence-electron chi connectivity index (χ3n) is 4.44. The summed E-state index contributed by atoms with van der Waals surface area (Å²) in [5.74, 6) is 0.325. The van der Waals surface area contributed by atoms with E-state index in [9.17, 15) is 20.1 Å². The molecule has 0 spiro atoms. The Labute approximate surface area is 172 Å². The third kappa shape index (κ3) is 5.17. The van der Waals surface area contributed by atoms with Crippen LogP contribution >= 0.6 is 11.6 Å². The van der Waals surface area contributed by atoms with Gasteiger partial charge in [0.15, 0.2) is 0 Å². The second-order valence-corrected chi connectivity index (χ2v) is 6.85. The monoisotopic (exact) mass is 424 g/mol. The number of esters is 1. The standard InChI is InChI=1S/C20H21ClO8/c1-26-13-6-8-14(9-7-13)28-20-18(24)17(23)16(22)15(29-20)10-27-19(25)11-2-4-12(21)5-3-11/h2-9,15-18,20,22-24H,10H2,1H3/t15-,16+,17+,18-,20-/m1/s1. The number of aliphatic hydroxyl groups excluding tert-OH is 3. The molecule has 3 N–H and O–H groups in total. The molecule has 8 nitrogen and oxygen atoms in total. The first kappa shape index (κ1) is 21.4. The van der Waals surface area contributed by atoms with Crippen LogP contribution in [0.25, 0.3) is 0 Å². The lowest BCUT2D eigenvalue weighted by molar-refractivity contribution is -0.277. The van der Waals surface area contributed by atoms with Crippen LogP contribution in [0.4, 0.5) is 0 Å². The fraction of sp³-hybridized carbons (Fsp3) is 0.350. The number of carbonyl (C=O) groups excluding carboxylic acids is 1. The molecule has 2 aromatic carbocycles. The second kappa shape index (κ2) is 9.43. The van der Waals surface area contributed by atoms with E-state index < -0.39 is 36.7 Å². The number of hydrogen-bond donors (Lipinski definition) is 3. The molecule has 1 aliphatic rings. The summed E-state index contributed by atoms with van der Waals surface area (Å²) >= 11 is 5.79. The van der Waals surface area contributed by atoms with Crippen LogP contribution in [0.2, 0.25) is 5.02 Å². The number of methoxy groups -OCH3 is 1. The van der Waals surface area contributed by atoms with Gasteiger partial charge in [-0.2, -0.15) is 0 Å². The molecule has 9 heteroatoms. The SMILES string of the molecule is COc1ccc(O[C@@H]2O[C@H](COC(=O)c3ccc(Cl)cc3)[C@H](O)[C@H](O)[C@H]2O)cc1. The van der Waals surface area contributed by atoms with Gasteiger partial charge in [-0.15, -0.1) is 0 Å². The fourth-order valence-electron chi connectivity index (χ4n) is 2.77. The van der Waals surface area contributed by atoms with Gasteiger partial charge < -0.3 is 34.3 Å². The van der Waals surface area contributed by atoms with Gasteiger partial charge in [-0.1, -0.05) is 11.6 Å². The van der Waals surface area contributed by atoms with E-state index in [1.165, 1.54) is 19.2 Å². The van der Waals surface area contributed by atoms with Gasteiger partial charge in [0, 0.05) is 5.02 Å². The molecule has 1 fully saturated rings. The first-order valence-electron chi connectivity index (χ1n) is 8.82. The quantitative estimate of drug-likeness (QED) is 0.596. The van der Waals surface area contributed by atoms with Crippen LogP contribution < -0.4 is 9.47 Å². The van der Waals surface area contributed by atoms with E-state index in [4.69, 9.17) is 30.5 Å². The number of halogens is 1. The van der Waals surface area contributed by atoms with Gasteiger partial charge in [-0.3, -0.25) is 0 Å². The van der Waals surface area contributed by atoms with Crippen molar-refractivity contribution in [3.63, 3.8) is 0 Å². The Morgan fingerprint density at radius 2 is 1.59 bits per heavy atom. The summed E-state index contributed by atoms with van der Waals surface area (Å²) < 4.78 is 21.3. The number of rotatable bonds is 6. The summed E-state index contributed by atoms with van der Waals surface area (Å²) in [6.07, 6.45) is -6.91. The Balaban J connectivity index is 1.63. The molecule has 0 amide bonds. The lowest BCUT2D eigenvalue weighted by atomic mass is 9.99. The first-order chi connectivity index (χ1) is 13.9. The van der Waals surface area contributed by atoms with E-state index in [0.717, 1.165) is 0 Å². The number of aliphatic hydroxyl groups is 3. The smallest absolute Gasteiger partial charge is 0.338 e. The van der Waals surface area contributed by atoms with E-state index in [2.05, 4.69) is 0 Å². The molecule has 0 aliphatic carbocycles. The fourth-order valence-corrected chi connectivity index (χ4v) is 2.89. The van der Waals surface area contributed by atoms with Crippen molar-refractivity contribution in [1.82, 2.24) is 0 Å². The average molecular weight is 425 g/mol. The number of carbonyl (C=O) groups is 1. The molecule has 1 aliphatic heterocycles. The van der Waals surface area contributed by atoms with Crippen molar-refractivity contribution in [2.24, 2.45) is 0 Å². The largest absolute Gasteiger partial charge is 0.497 e. The lowest BCUT2D eigenvalue weighted by Crippen LogP contribution is -2.60. The van der Waals surface area contributed by atoms with Gasteiger partial charge >= 0.3 is 5.97 Å². The van der Waals surface area contributed by atoms with Gasteiger partial charge in [-0.25, -0.2) is 4.79 Å². The molecule has 0 unspecified atom stereocenters. The zero-order chi connectivity index (χ0) is 21.0. The molecule has 5 atom stereocenters. The summed E-state index contributed by atoms with van der Waals surface area (Å²) in [5, 5.41) is 30.9. The minimum atomic E-state index is -1.55. The minimum Gasteiger partial charge on any atom is -0.497 e. The van der Waals surface area contributed by atoms with Crippen LogP contribution in [0.5, 0.6) is 11.5 Å². The summed E-state index contributed by atoms with van der Waals surface area (Å²) in [6.45, 7) is -0.352. The highest BCUT2D eigenvalue weighted by molar-refractivity contribution is 6.30. The van der Waals surface area contributed by atoms with Crippen LogP contribution in [0, 0.1) is 0 Å². The number of benzene rings is 2. The average Bonchev–Trinajstić information content (AvgIpc) is 2.74.